The highest BCUT2D eigenvalue weighted by atomic mass is 35.5. The summed E-state index contributed by atoms with van der Waals surface area (Å²) in [5.74, 6) is -0.773. The van der Waals surface area contributed by atoms with Gasteiger partial charge < -0.3 is 10.1 Å². The second-order valence-corrected chi connectivity index (χ2v) is 4.09. The molecule has 0 fully saturated rings. The number of carbonyl (C=O) groups excluding carboxylic acids is 2. The molecule has 0 aliphatic heterocycles. The van der Waals surface area contributed by atoms with Crippen molar-refractivity contribution in [2.24, 2.45) is 0 Å². The summed E-state index contributed by atoms with van der Waals surface area (Å²) in [4.78, 5) is 26.5. The van der Waals surface area contributed by atoms with Gasteiger partial charge in [0.1, 0.15) is 5.15 Å². The van der Waals surface area contributed by atoms with E-state index in [0.29, 0.717) is 6.61 Å². The number of hydrogen-bond donors (Lipinski definition) is 1. The van der Waals surface area contributed by atoms with Crippen molar-refractivity contribution >= 4 is 35.1 Å². The number of rotatable bonds is 5. The summed E-state index contributed by atoms with van der Waals surface area (Å²) in [6.07, 6.45) is 1.40. The van der Waals surface area contributed by atoms with Gasteiger partial charge in [0.15, 0.2) is 0 Å². The number of pyridine rings is 1. The summed E-state index contributed by atoms with van der Waals surface area (Å²) in [6.45, 7) is 2.21. The Kier molecular flexibility index (Phi) is 5.88. The van der Waals surface area contributed by atoms with Crippen LogP contribution >= 0.6 is 23.2 Å². The predicted octanol–water partition coefficient (Wildman–Crippen LogP) is 2.07. The summed E-state index contributed by atoms with van der Waals surface area (Å²) < 4.78 is 4.72. The molecular weight excluding hydrogens is 279 g/mol. The fraction of sp³-hybridized carbons (Fsp3) is 0.364. The first-order valence-corrected chi connectivity index (χ1v) is 6.05. The van der Waals surface area contributed by atoms with Crippen molar-refractivity contribution in [3.63, 3.8) is 0 Å². The second-order valence-electron chi connectivity index (χ2n) is 3.30. The van der Waals surface area contributed by atoms with E-state index in [-0.39, 0.29) is 34.7 Å². The summed E-state index contributed by atoms with van der Waals surface area (Å²) in [6, 6.07) is 1.36. The van der Waals surface area contributed by atoms with Gasteiger partial charge in [0.25, 0.3) is 5.91 Å². The maximum absolute atomic E-state index is 11.7. The molecule has 98 valence electrons. The lowest BCUT2D eigenvalue weighted by Crippen LogP contribution is -2.26. The van der Waals surface area contributed by atoms with E-state index in [1.54, 1.807) is 6.92 Å². The van der Waals surface area contributed by atoms with Crippen LogP contribution < -0.4 is 5.32 Å². The van der Waals surface area contributed by atoms with Crippen molar-refractivity contribution in [2.75, 3.05) is 13.2 Å². The smallest absolute Gasteiger partial charge is 0.307 e. The van der Waals surface area contributed by atoms with Crippen molar-refractivity contribution in [3.05, 3.63) is 28.0 Å². The SMILES string of the molecule is CCOC(=O)CCNC(=O)c1cc(Cl)ncc1Cl. The van der Waals surface area contributed by atoms with Gasteiger partial charge in [-0.25, -0.2) is 4.98 Å². The molecule has 1 rings (SSSR count). The van der Waals surface area contributed by atoms with Crippen LogP contribution in [-0.4, -0.2) is 30.0 Å². The first-order chi connectivity index (χ1) is 8.54. The Morgan fingerprint density at radius 1 is 1.44 bits per heavy atom. The van der Waals surface area contributed by atoms with Crippen molar-refractivity contribution in [1.29, 1.82) is 0 Å². The van der Waals surface area contributed by atoms with Gasteiger partial charge in [-0.2, -0.15) is 0 Å². The quantitative estimate of drug-likeness (QED) is 0.666. The molecular formula is C11H12Cl2N2O3. The van der Waals surface area contributed by atoms with E-state index in [4.69, 9.17) is 27.9 Å². The molecule has 1 aromatic rings. The largest absolute Gasteiger partial charge is 0.466 e. The van der Waals surface area contributed by atoms with Gasteiger partial charge in [0.05, 0.1) is 23.6 Å². The summed E-state index contributed by atoms with van der Waals surface area (Å²) in [7, 11) is 0. The van der Waals surface area contributed by atoms with Gasteiger partial charge in [-0.05, 0) is 13.0 Å². The number of nitrogens with one attached hydrogen (secondary N) is 1. The van der Waals surface area contributed by atoms with Crippen LogP contribution in [0.3, 0.4) is 0 Å². The van der Waals surface area contributed by atoms with Gasteiger partial charge in [0, 0.05) is 12.7 Å². The summed E-state index contributed by atoms with van der Waals surface area (Å²) >= 11 is 11.5. The zero-order valence-electron chi connectivity index (χ0n) is 9.70. The maximum Gasteiger partial charge on any atom is 0.307 e. The number of aromatic nitrogens is 1. The second kappa shape index (κ2) is 7.18. The number of carbonyl (C=O) groups is 2. The number of hydrogen-bond acceptors (Lipinski definition) is 4. The van der Waals surface area contributed by atoms with Gasteiger partial charge in [0.2, 0.25) is 0 Å². The lowest BCUT2D eigenvalue weighted by atomic mass is 10.2. The minimum absolute atomic E-state index is 0.107. The molecule has 5 nitrogen and oxygen atoms in total. The minimum Gasteiger partial charge on any atom is -0.466 e. The van der Waals surface area contributed by atoms with Crippen LogP contribution in [0.4, 0.5) is 0 Å². The third kappa shape index (κ3) is 4.50. The molecule has 0 aromatic carbocycles. The highest BCUT2D eigenvalue weighted by Gasteiger charge is 2.12. The molecule has 7 heteroatoms. The number of esters is 1. The normalized spacial score (nSPS) is 9.94. The molecule has 0 saturated carbocycles. The van der Waals surface area contributed by atoms with Crippen LogP contribution in [0.25, 0.3) is 0 Å². The Hall–Kier alpha value is -1.33. The monoisotopic (exact) mass is 290 g/mol. The molecule has 1 heterocycles. The van der Waals surface area contributed by atoms with E-state index in [1.807, 2.05) is 0 Å². The van der Waals surface area contributed by atoms with Gasteiger partial charge >= 0.3 is 5.97 Å². The first-order valence-electron chi connectivity index (χ1n) is 5.29. The maximum atomic E-state index is 11.7. The lowest BCUT2D eigenvalue weighted by Gasteiger charge is -2.06. The number of nitrogens with zero attached hydrogens (tertiary/aromatic N) is 1. The molecule has 0 aliphatic carbocycles. The van der Waals surface area contributed by atoms with Crippen molar-refractivity contribution in [3.8, 4) is 0 Å². The standard InChI is InChI=1S/C11H12Cl2N2O3/c1-2-18-10(16)3-4-14-11(17)7-5-9(13)15-6-8(7)12/h5-6H,2-4H2,1H3,(H,14,17). The van der Waals surface area contributed by atoms with E-state index in [9.17, 15) is 9.59 Å². The molecule has 0 unspecified atom stereocenters. The van der Waals surface area contributed by atoms with Crippen LogP contribution in [0.15, 0.2) is 12.3 Å². The van der Waals surface area contributed by atoms with E-state index >= 15 is 0 Å². The Bertz CT molecular complexity index is 452. The fourth-order valence-corrected chi connectivity index (χ4v) is 1.54. The van der Waals surface area contributed by atoms with Gasteiger partial charge in [-0.3, -0.25) is 9.59 Å². The molecule has 0 radical (unpaired) electrons. The first kappa shape index (κ1) is 14.7. The molecule has 0 aliphatic rings. The molecule has 0 saturated heterocycles. The van der Waals surface area contributed by atoms with Crippen LogP contribution in [0.2, 0.25) is 10.2 Å². The average molecular weight is 291 g/mol. The van der Waals surface area contributed by atoms with E-state index < -0.39 is 5.91 Å². The van der Waals surface area contributed by atoms with Crippen LogP contribution in [-0.2, 0) is 9.53 Å². The van der Waals surface area contributed by atoms with Gasteiger partial charge in [-0.1, -0.05) is 23.2 Å². The van der Waals surface area contributed by atoms with E-state index in [2.05, 4.69) is 10.3 Å². The summed E-state index contributed by atoms with van der Waals surface area (Å²) in [5, 5.41) is 2.92. The average Bonchev–Trinajstić information content (AvgIpc) is 2.32. The van der Waals surface area contributed by atoms with Crippen LogP contribution in [0.5, 0.6) is 0 Å². The molecule has 18 heavy (non-hydrogen) atoms. The van der Waals surface area contributed by atoms with Crippen LogP contribution in [0, 0.1) is 0 Å². The molecule has 1 amide bonds. The Balaban J connectivity index is 2.50. The predicted molar refractivity (Wildman–Crippen MR) is 67.8 cm³/mol. The molecule has 0 atom stereocenters. The Morgan fingerprint density at radius 2 is 2.17 bits per heavy atom. The Labute approximate surface area is 114 Å². The summed E-state index contributed by atoms with van der Waals surface area (Å²) in [5.41, 5.74) is 0.223. The van der Waals surface area contributed by atoms with Crippen molar-refractivity contribution < 1.29 is 14.3 Å². The third-order valence-corrected chi connectivity index (χ3v) is 2.49. The molecule has 0 spiro atoms. The fourth-order valence-electron chi connectivity index (χ4n) is 1.19. The minimum atomic E-state index is -0.409. The van der Waals surface area contributed by atoms with Gasteiger partial charge in [-0.15, -0.1) is 0 Å². The number of amides is 1. The Morgan fingerprint density at radius 3 is 2.83 bits per heavy atom. The molecule has 0 bridgehead atoms. The van der Waals surface area contributed by atoms with E-state index in [1.165, 1.54) is 12.3 Å². The molecule has 1 N–H and O–H groups in total. The van der Waals surface area contributed by atoms with Crippen molar-refractivity contribution in [1.82, 2.24) is 10.3 Å². The number of halogens is 2. The van der Waals surface area contributed by atoms with Crippen molar-refractivity contribution in [2.45, 2.75) is 13.3 Å². The third-order valence-electron chi connectivity index (χ3n) is 1.99. The highest BCUT2D eigenvalue weighted by molar-refractivity contribution is 6.35. The van der Waals surface area contributed by atoms with Crippen LogP contribution in [0.1, 0.15) is 23.7 Å². The topological polar surface area (TPSA) is 68.3 Å². The molecule has 1 aromatic heterocycles. The number of ether oxygens (including phenoxy) is 1. The zero-order valence-corrected chi connectivity index (χ0v) is 11.2. The highest BCUT2D eigenvalue weighted by Crippen LogP contribution is 2.17. The van der Waals surface area contributed by atoms with E-state index in [0.717, 1.165) is 0 Å². The lowest BCUT2D eigenvalue weighted by molar-refractivity contribution is -0.142. The zero-order chi connectivity index (χ0) is 13.5.